The average molecular weight is 282 g/mol. The van der Waals surface area contributed by atoms with Gasteiger partial charge in [-0.25, -0.2) is 4.39 Å². The zero-order chi connectivity index (χ0) is 14.6. The maximum absolute atomic E-state index is 13.8. The fraction of sp³-hybridized carbons (Fsp3) is 0.429. The molecule has 0 aliphatic rings. The molecular weight excluding hydrogens is 263 g/mol. The molecule has 19 heavy (non-hydrogen) atoms. The second kappa shape index (κ2) is 6.10. The van der Waals surface area contributed by atoms with Crippen molar-refractivity contribution < 1.29 is 9.18 Å². The molecule has 0 aromatic heterocycles. The van der Waals surface area contributed by atoms with Gasteiger partial charge in [0.25, 0.3) is 0 Å². The Bertz CT molecular complexity index is 500. The summed E-state index contributed by atoms with van der Waals surface area (Å²) in [6.07, 6.45) is 0.724. The topological polar surface area (TPSA) is 55.1 Å². The van der Waals surface area contributed by atoms with Crippen molar-refractivity contribution in [2.24, 2.45) is 11.1 Å². The van der Waals surface area contributed by atoms with Crippen LogP contribution in [0.15, 0.2) is 18.2 Å². The molecule has 0 heterocycles. The highest BCUT2D eigenvalue weighted by atomic mass is 32.1. The zero-order valence-corrected chi connectivity index (χ0v) is 12.2. The van der Waals surface area contributed by atoms with Gasteiger partial charge in [-0.05, 0) is 12.5 Å². The van der Waals surface area contributed by atoms with E-state index in [1.165, 1.54) is 6.07 Å². The van der Waals surface area contributed by atoms with Crippen LogP contribution >= 0.6 is 12.2 Å². The summed E-state index contributed by atoms with van der Waals surface area (Å²) in [5.41, 5.74) is 5.88. The number of hydrogen-bond acceptors (Lipinski definition) is 2. The number of carbonyl (C=O) groups is 1. The minimum Gasteiger partial charge on any atom is -0.389 e. The summed E-state index contributed by atoms with van der Waals surface area (Å²) in [5, 5.41) is 2.74. The standard InChI is InChI=1S/C14H19FN2OS/c1-4-14(2,3)13(18)17-8-10-6-5-9(12(16)19)7-11(10)15/h5-7H,4,8H2,1-3H3,(H2,16,19)(H,17,18). The number of carbonyl (C=O) groups excluding carboxylic acids is 1. The van der Waals surface area contributed by atoms with Crippen molar-refractivity contribution in [3.63, 3.8) is 0 Å². The van der Waals surface area contributed by atoms with Crippen molar-refractivity contribution in [1.82, 2.24) is 5.32 Å². The summed E-state index contributed by atoms with van der Waals surface area (Å²) < 4.78 is 13.8. The van der Waals surface area contributed by atoms with Gasteiger partial charge in [0, 0.05) is 23.1 Å². The maximum atomic E-state index is 13.8. The lowest BCUT2D eigenvalue weighted by Gasteiger charge is -2.21. The van der Waals surface area contributed by atoms with Gasteiger partial charge in [-0.1, -0.05) is 45.1 Å². The number of nitrogens with two attached hydrogens (primary N) is 1. The molecule has 0 atom stereocenters. The summed E-state index contributed by atoms with van der Waals surface area (Å²) in [6, 6.07) is 4.52. The molecule has 0 spiro atoms. The number of benzene rings is 1. The number of rotatable bonds is 5. The van der Waals surface area contributed by atoms with E-state index in [0.717, 1.165) is 6.42 Å². The highest BCUT2D eigenvalue weighted by Crippen LogP contribution is 2.20. The lowest BCUT2D eigenvalue weighted by atomic mass is 9.89. The van der Waals surface area contributed by atoms with Crippen LogP contribution in [0.3, 0.4) is 0 Å². The van der Waals surface area contributed by atoms with Crippen LogP contribution in [0.2, 0.25) is 0 Å². The minimum atomic E-state index is -0.449. The van der Waals surface area contributed by atoms with Crippen LogP contribution in [0.1, 0.15) is 38.3 Å². The summed E-state index contributed by atoms with van der Waals surface area (Å²) in [6.45, 7) is 5.81. The van der Waals surface area contributed by atoms with Crippen molar-refractivity contribution in [3.8, 4) is 0 Å². The van der Waals surface area contributed by atoms with Gasteiger partial charge in [-0.15, -0.1) is 0 Å². The normalized spacial score (nSPS) is 11.2. The molecule has 0 radical (unpaired) electrons. The average Bonchev–Trinajstić information content (AvgIpc) is 2.36. The molecule has 3 N–H and O–H groups in total. The summed E-state index contributed by atoms with van der Waals surface area (Å²) in [4.78, 5) is 12.0. The first-order valence-corrected chi connectivity index (χ1v) is 6.55. The highest BCUT2D eigenvalue weighted by Gasteiger charge is 2.24. The SMILES string of the molecule is CCC(C)(C)C(=O)NCc1ccc(C(N)=S)cc1F. The zero-order valence-electron chi connectivity index (χ0n) is 11.4. The van der Waals surface area contributed by atoms with Crippen LogP contribution in [0.25, 0.3) is 0 Å². The van der Waals surface area contributed by atoms with Crippen molar-refractivity contribution in [3.05, 3.63) is 35.1 Å². The van der Waals surface area contributed by atoms with Gasteiger partial charge in [0.05, 0.1) is 0 Å². The predicted molar refractivity (Wildman–Crippen MR) is 78.2 cm³/mol. The molecule has 0 unspecified atom stereocenters. The van der Waals surface area contributed by atoms with E-state index in [1.54, 1.807) is 12.1 Å². The Kier molecular flexibility index (Phi) is 5.00. The van der Waals surface area contributed by atoms with E-state index in [1.807, 2.05) is 20.8 Å². The summed E-state index contributed by atoms with van der Waals surface area (Å²) in [7, 11) is 0. The summed E-state index contributed by atoms with van der Waals surface area (Å²) >= 11 is 4.78. The van der Waals surface area contributed by atoms with E-state index in [4.69, 9.17) is 18.0 Å². The van der Waals surface area contributed by atoms with Gasteiger partial charge < -0.3 is 11.1 Å². The molecule has 0 aliphatic carbocycles. The van der Waals surface area contributed by atoms with Gasteiger partial charge in [0.15, 0.2) is 0 Å². The second-order valence-electron chi connectivity index (χ2n) is 5.09. The Morgan fingerprint density at radius 1 is 1.47 bits per heavy atom. The molecule has 1 amide bonds. The Labute approximate surface area is 118 Å². The lowest BCUT2D eigenvalue weighted by Crippen LogP contribution is -2.36. The van der Waals surface area contributed by atoms with Crippen molar-refractivity contribution in [2.75, 3.05) is 0 Å². The Hall–Kier alpha value is -1.49. The van der Waals surface area contributed by atoms with Crippen LogP contribution in [0.4, 0.5) is 4.39 Å². The van der Waals surface area contributed by atoms with Crippen molar-refractivity contribution in [1.29, 1.82) is 0 Å². The molecule has 1 aromatic rings. The van der Waals surface area contributed by atoms with Crippen LogP contribution in [-0.4, -0.2) is 10.9 Å². The smallest absolute Gasteiger partial charge is 0.225 e. The van der Waals surface area contributed by atoms with E-state index < -0.39 is 11.2 Å². The van der Waals surface area contributed by atoms with E-state index in [9.17, 15) is 9.18 Å². The third-order valence-corrected chi connectivity index (χ3v) is 3.51. The molecule has 104 valence electrons. The second-order valence-corrected chi connectivity index (χ2v) is 5.53. The Morgan fingerprint density at radius 3 is 2.58 bits per heavy atom. The van der Waals surface area contributed by atoms with Crippen LogP contribution < -0.4 is 11.1 Å². The molecule has 3 nitrogen and oxygen atoms in total. The molecule has 0 fully saturated rings. The Balaban J connectivity index is 2.74. The quantitative estimate of drug-likeness (QED) is 0.816. The number of thiocarbonyl (C=S) groups is 1. The highest BCUT2D eigenvalue weighted by molar-refractivity contribution is 7.80. The molecule has 1 aromatic carbocycles. The number of nitrogens with one attached hydrogen (secondary N) is 1. The van der Waals surface area contributed by atoms with Gasteiger partial charge >= 0.3 is 0 Å². The first-order valence-electron chi connectivity index (χ1n) is 6.14. The fourth-order valence-electron chi connectivity index (χ4n) is 1.42. The van der Waals surface area contributed by atoms with Gasteiger partial charge in [0.2, 0.25) is 5.91 Å². The third-order valence-electron chi connectivity index (χ3n) is 3.28. The minimum absolute atomic E-state index is 0.0900. The first-order chi connectivity index (χ1) is 8.77. The molecule has 5 heteroatoms. The van der Waals surface area contributed by atoms with Crippen LogP contribution in [0.5, 0.6) is 0 Å². The lowest BCUT2D eigenvalue weighted by molar-refractivity contribution is -0.129. The van der Waals surface area contributed by atoms with Crippen molar-refractivity contribution >= 4 is 23.1 Å². The van der Waals surface area contributed by atoms with Crippen molar-refractivity contribution in [2.45, 2.75) is 33.7 Å². The number of hydrogen-bond donors (Lipinski definition) is 2. The van der Waals surface area contributed by atoms with E-state index in [-0.39, 0.29) is 17.4 Å². The monoisotopic (exact) mass is 282 g/mol. The van der Waals surface area contributed by atoms with E-state index >= 15 is 0 Å². The van der Waals surface area contributed by atoms with E-state index in [2.05, 4.69) is 5.32 Å². The summed E-state index contributed by atoms with van der Waals surface area (Å²) in [5.74, 6) is -0.507. The predicted octanol–water partition coefficient (Wildman–Crippen LogP) is 2.51. The first kappa shape index (κ1) is 15.6. The molecule has 1 rings (SSSR count). The third kappa shape index (κ3) is 3.99. The molecular formula is C14H19FN2OS. The van der Waals surface area contributed by atoms with Gasteiger partial charge in [-0.2, -0.15) is 0 Å². The molecule has 0 saturated carbocycles. The van der Waals surface area contributed by atoms with E-state index in [0.29, 0.717) is 11.1 Å². The van der Waals surface area contributed by atoms with Crippen LogP contribution in [-0.2, 0) is 11.3 Å². The number of halogens is 1. The van der Waals surface area contributed by atoms with Gasteiger partial charge in [0.1, 0.15) is 10.8 Å². The maximum Gasteiger partial charge on any atom is 0.225 e. The number of amides is 1. The fourth-order valence-corrected chi connectivity index (χ4v) is 1.55. The Morgan fingerprint density at radius 2 is 2.11 bits per heavy atom. The largest absolute Gasteiger partial charge is 0.389 e. The van der Waals surface area contributed by atoms with Gasteiger partial charge in [-0.3, -0.25) is 4.79 Å². The molecule has 0 aliphatic heterocycles. The van der Waals surface area contributed by atoms with Crippen LogP contribution in [0, 0.1) is 11.2 Å². The molecule has 0 bridgehead atoms. The molecule has 0 saturated heterocycles.